The van der Waals surface area contributed by atoms with Crippen molar-refractivity contribution in [1.82, 2.24) is 9.97 Å². The molecular weight excluding hydrogens is 279 g/mol. The van der Waals surface area contributed by atoms with Gasteiger partial charge in [-0.1, -0.05) is 18.2 Å². The van der Waals surface area contributed by atoms with E-state index >= 15 is 0 Å². The molecule has 3 aromatic rings. The van der Waals surface area contributed by atoms with Crippen LogP contribution in [0.5, 0.6) is 0 Å². The van der Waals surface area contributed by atoms with E-state index in [9.17, 15) is 12.8 Å². The highest BCUT2D eigenvalue weighted by Gasteiger charge is 2.16. The molecule has 6 heteroatoms. The van der Waals surface area contributed by atoms with Crippen LogP contribution in [-0.4, -0.2) is 24.6 Å². The summed E-state index contributed by atoms with van der Waals surface area (Å²) >= 11 is 0. The number of benzene rings is 2. The van der Waals surface area contributed by atoms with Gasteiger partial charge >= 0.3 is 0 Å². The fourth-order valence-electron chi connectivity index (χ4n) is 2.09. The Labute approximate surface area is 115 Å². The van der Waals surface area contributed by atoms with E-state index in [4.69, 9.17) is 0 Å². The van der Waals surface area contributed by atoms with E-state index in [-0.39, 0.29) is 4.90 Å². The van der Waals surface area contributed by atoms with Gasteiger partial charge in [-0.15, -0.1) is 0 Å². The van der Waals surface area contributed by atoms with Crippen molar-refractivity contribution in [2.75, 3.05) is 6.26 Å². The molecule has 0 saturated heterocycles. The van der Waals surface area contributed by atoms with E-state index in [1.165, 1.54) is 12.1 Å². The number of halogens is 1. The first-order chi connectivity index (χ1) is 9.47. The number of sulfone groups is 1. The Balaban J connectivity index is 2.30. The Morgan fingerprint density at radius 1 is 1.10 bits per heavy atom. The summed E-state index contributed by atoms with van der Waals surface area (Å²) in [6.07, 6.45) is 1.12. The highest BCUT2D eigenvalue weighted by Crippen LogP contribution is 2.26. The van der Waals surface area contributed by atoms with Crippen LogP contribution >= 0.6 is 0 Å². The molecular formula is C14H11FN2O2S. The highest BCUT2D eigenvalue weighted by atomic mass is 32.2. The molecule has 1 heterocycles. The van der Waals surface area contributed by atoms with Crippen LogP contribution in [0, 0.1) is 5.82 Å². The molecule has 0 aliphatic rings. The van der Waals surface area contributed by atoms with Gasteiger partial charge in [0.2, 0.25) is 0 Å². The van der Waals surface area contributed by atoms with Crippen LogP contribution in [0.1, 0.15) is 0 Å². The number of fused-ring (bicyclic) bond motifs is 1. The van der Waals surface area contributed by atoms with Crippen LogP contribution in [0.4, 0.5) is 4.39 Å². The average Bonchev–Trinajstić information content (AvgIpc) is 2.81. The van der Waals surface area contributed by atoms with Gasteiger partial charge in [0, 0.05) is 6.26 Å². The molecule has 3 rings (SSSR count). The summed E-state index contributed by atoms with van der Waals surface area (Å²) in [6, 6.07) is 11.0. The van der Waals surface area contributed by atoms with E-state index in [1.807, 2.05) is 0 Å². The third-order valence-electron chi connectivity index (χ3n) is 3.00. The number of nitrogens with one attached hydrogen (secondary N) is 1. The molecule has 0 saturated carbocycles. The lowest BCUT2D eigenvalue weighted by molar-refractivity contribution is 0.602. The van der Waals surface area contributed by atoms with Crippen molar-refractivity contribution < 1.29 is 12.8 Å². The van der Waals surface area contributed by atoms with Crippen molar-refractivity contribution in [2.45, 2.75) is 4.90 Å². The molecule has 0 aliphatic heterocycles. The molecule has 4 nitrogen and oxygen atoms in total. The maximum atomic E-state index is 13.8. The van der Waals surface area contributed by atoms with Crippen LogP contribution in [0.2, 0.25) is 0 Å². The van der Waals surface area contributed by atoms with Gasteiger partial charge in [0.1, 0.15) is 17.2 Å². The quantitative estimate of drug-likeness (QED) is 0.789. The summed E-state index contributed by atoms with van der Waals surface area (Å²) in [4.78, 5) is 7.32. The van der Waals surface area contributed by atoms with Crippen LogP contribution in [-0.2, 0) is 9.84 Å². The lowest BCUT2D eigenvalue weighted by Gasteiger charge is -1.98. The number of hydrogen-bond donors (Lipinski definition) is 1. The van der Waals surface area contributed by atoms with E-state index in [1.54, 1.807) is 30.3 Å². The van der Waals surface area contributed by atoms with Gasteiger partial charge in [-0.2, -0.15) is 0 Å². The molecule has 0 aliphatic carbocycles. The summed E-state index contributed by atoms with van der Waals surface area (Å²) in [5, 5.41) is 0. The predicted molar refractivity (Wildman–Crippen MR) is 74.6 cm³/mol. The fourth-order valence-corrected chi connectivity index (χ4v) is 2.92. The minimum atomic E-state index is -3.38. The van der Waals surface area contributed by atoms with Crippen LogP contribution < -0.4 is 0 Å². The second kappa shape index (κ2) is 4.42. The minimum absolute atomic E-state index is 0.133. The Hall–Kier alpha value is -2.21. The summed E-state index contributed by atoms with van der Waals surface area (Å²) in [5.74, 6) is -0.0957. The molecule has 2 aromatic carbocycles. The topological polar surface area (TPSA) is 62.8 Å². The molecule has 1 aromatic heterocycles. The van der Waals surface area contributed by atoms with Crippen molar-refractivity contribution in [3.8, 4) is 11.4 Å². The van der Waals surface area contributed by atoms with Crippen molar-refractivity contribution in [3.05, 3.63) is 48.3 Å². The number of aromatic amines is 1. The summed E-state index contributed by atoms with van der Waals surface area (Å²) < 4.78 is 37.2. The first-order valence-electron chi connectivity index (χ1n) is 5.90. The second-order valence-corrected chi connectivity index (χ2v) is 6.47. The highest BCUT2D eigenvalue weighted by molar-refractivity contribution is 7.91. The Bertz CT molecular complexity index is 900. The van der Waals surface area contributed by atoms with Crippen LogP contribution in [0.25, 0.3) is 22.4 Å². The molecule has 0 spiro atoms. The Kier molecular flexibility index (Phi) is 2.83. The standard InChI is InChI=1S/C14H11FN2O2S/c1-20(18,19)12-8-4-7-11-13(12)17-14(16-11)9-5-2-3-6-10(9)15/h2-8H,1H3,(H,16,17). The zero-order chi connectivity index (χ0) is 14.3. The maximum Gasteiger partial charge on any atom is 0.177 e. The predicted octanol–water partition coefficient (Wildman–Crippen LogP) is 2.77. The minimum Gasteiger partial charge on any atom is -0.338 e. The van der Waals surface area contributed by atoms with Crippen LogP contribution in [0.3, 0.4) is 0 Å². The Morgan fingerprint density at radius 3 is 2.55 bits per heavy atom. The van der Waals surface area contributed by atoms with E-state index < -0.39 is 15.7 Å². The molecule has 0 amide bonds. The van der Waals surface area contributed by atoms with Gasteiger partial charge in [-0.25, -0.2) is 17.8 Å². The van der Waals surface area contributed by atoms with Crippen molar-refractivity contribution in [1.29, 1.82) is 0 Å². The van der Waals surface area contributed by atoms with Crippen LogP contribution in [0.15, 0.2) is 47.4 Å². The number of aromatic nitrogens is 2. The van der Waals surface area contributed by atoms with E-state index in [0.717, 1.165) is 6.26 Å². The largest absolute Gasteiger partial charge is 0.338 e. The molecule has 0 bridgehead atoms. The first kappa shape index (κ1) is 12.8. The lowest BCUT2D eigenvalue weighted by Crippen LogP contribution is -1.97. The third kappa shape index (κ3) is 2.08. The van der Waals surface area contributed by atoms with Gasteiger partial charge in [0.05, 0.1) is 16.0 Å². The number of nitrogens with zero attached hydrogens (tertiary/aromatic N) is 1. The van der Waals surface area contributed by atoms with Gasteiger partial charge in [-0.3, -0.25) is 0 Å². The molecule has 0 radical (unpaired) electrons. The number of para-hydroxylation sites is 1. The Morgan fingerprint density at radius 2 is 1.85 bits per heavy atom. The molecule has 102 valence electrons. The van der Waals surface area contributed by atoms with E-state index in [2.05, 4.69) is 9.97 Å². The second-order valence-electron chi connectivity index (χ2n) is 4.49. The zero-order valence-corrected chi connectivity index (χ0v) is 11.4. The molecule has 20 heavy (non-hydrogen) atoms. The number of imidazole rings is 1. The van der Waals surface area contributed by atoms with Gasteiger partial charge in [0.25, 0.3) is 0 Å². The van der Waals surface area contributed by atoms with Gasteiger partial charge in [0.15, 0.2) is 9.84 Å². The van der Waals surface area contributed by atoms with Gasteiger partial charge < -0.3 is 4.98 Å². The number of rotatable bonds is 2. The number of hydrogen-bond acceptors (Lipinski definition) is 3. The molecule has 0 fully saturated rings. The average molecular weight is 290 g/mol. The zero-order valence-electron chi connectivity index (χ0n) is 10.6. The summed E-state index contributed by atoms with van der Waals surface area (Å²) in [6.45, 7) is 0. The normalized spacial score (nSPS) is 11.9. The lowest BCUT2D eigenvalue weighted by atomic mass is 10.2. The van der Waals surface area contributed by atoms with Crippen molar-refractivity contribution in [2.24, 2.45) is 0 Å². The first-order valence-corrected chi connectivity index (χ1v) is 7.79. The summed E-state index contributed by atoms with van der Waals surface area (Å²) in [7, 11) is -3.38. The molecule has 0 atom stereocenters. The summed E-state index contributed by atoms with van der Waals surface area (Å²) in [5.41, 5.74) is 1.20. The fraction of sp³-hybridized carbons (Fsp3) is 0.0714. The smallest absolute Gasteiger partial charge is 0.177 e. The maximum absolute atomic E-state index is 13.8. The third-order valence-corrected chi connectivity index (χ3v) is 4.13. The van der Waals surface area contributed by atoms with E-state index in [0.29, 0.717) is 22.4 Å². The molecule has 1 N–H and O–H groups in total. The number of H-pyrrole nitrogens is 1. The molecule has 0 unspecified atom stereocenters. The van der Waals surface area contributed by atoms with Crippen molar-refractivity contribution in [3.63, 3.8) is 0 Å². The monoisotopic (exact) mass is 290 g/mol. The van der Waals surface area contributed by atoms with Gasteiger partial charge in [-0.05, 0) is 24.3 Å². The van der Waals surface area contributed by atoms with Crippen molar-refractivity contribution >= 4 is 20.9 Å². The SMILES string of the molecule is CS(=O)(=O)c1cccc2[nH]c(-c3ccccc3F)nc12.